The fraction of sp³-hybridized carbons (Fsp3) is 0.320. The van der Waals surface area contributed by atoms with Gasteiger partial charge < -0.3 is 24.8 Å². The molecule has 1 aromatic carbocycles. The lowest BCUT2D eigenvalue weighted by molar-refractivity contribution is 0.0697. The number of aryl methyl sites for hydroxylation is 1. The molecule has 1 fully saturated rings. The van der Waals surface area contributed by atoms with Crippen LogP contribution in [0.4, 0.5) is 0 Å². The van der Waals surface area contributed by atoms with Crippen LogP contribution in [-0.4, -0.2) is 62.7 Å². The molecule has 1 aliphatic heterocycles. The van der Waals surface area contributed by atoms with Crippen LogP contribution in [-0.2, 0) is 0 Å². The zero-order chi connectivity index (χ0) is 23.7. The first-order chi connectivity index (χ1) is 15.8. The van der Waals surface area contributed by atoms with Gasteiger partial charge >= 0.3 is 5.97 Å². The molecule has 1 saturated heterocycles. The molecule has 0 amide bonds. The van der Waals surface area contributed by atoms with Gasteiger partial charge in [0, 0.05) is 30.7 Å². The summed E-state index contributed by atoms with van der Waals surface area (Å²) in [5.41, 5.74) is 4.93. The highest BCUT2D eigenvalue weighted by Gasteiger charge is 2.41. The number of pyridine rings is 1. The van der Waals surface area contributed by atoms with Crippen molar-refractivity contribution in [1.29, 1.82) is 0 Å². The molecule has 8 heteroatoms. The van der Waals surface area contributed by atoms with E-state index in [1.165, 1.54) is 0 Å². The van der Waals surface area contributed by atoms with E-state index < -0.39 is 5.97 Å². The summed E-state index contributed by atoms with van der Waals surface area (Å²) in [5.74, 6) is -0.942. The van der Waals surface area contributed by atoms with Gasteiger partial charge in [0.15, 0.2) is 5.11 Å². The summed E-state index contributed by atoms with van der Waals surface area (Å²) in [6.07, 6.45) is 1.80. The van der Waals surface area contributed by atoms with Crippen molar-refractivity contribution >= 4 is 23.3 Å². The van der Waals surface area contributed by atoms with Gasteiger partial charge in [-0.15, -0.1) is 0 Å². The Kier molecular flexibility index (Phi) is 6.49. The number of aromatic nitrogens is 2. The second kappa shape index (κ2) is 9.33. The van der Waals surface area contributed by atoms with Crippen molar-refractivity contribution in [2.45, 2.75) is 25.9 Å². The molecule has 3 aromatic rings. The number of hydrogen-bond acceptors (Lipinski definition) is 4. The normalized spacial score (nSPS) is 18.1. The van der Waals surface area contributed by atoms with Crippen LogP contribution in [0.25, 0.3) is 5.69 Å². The molecule has 0 spiro atoms. The number of hydrogen-bond donors (Lipinski definition) is 2. The Balaban J connectivity index is 1.84. The molecule has 0 unspecified atom stereocenters. The summed E-state index contributed by atoms with van der Waals surface area (Å²) in [5, 5.41) is 13.9. The van der Waals surface area contributed by atoms with Crippen LogP contribution in [0.5, 0.6) is 0 Å². The second-order valence-corrected chi connectivity index (χ2v) is 8.99. The lowest BCUT2D eigenvalue weighted by Crippen LogP contribution is -2.35. The molecule has 172 valence electrons. The Morgan fingerprint density at radius 1 is 1.18 bits per heavy atom. The maximum atomic E-state index is 11.9. The van der Waals surface area contributed by atoms with Crippen LogP contribution >= 0.6 is 12.2 Å². The van der Waals surface area contributed by atoms with Crippen molar-refractivity contribution in [2.75, 3.05) is 27.2 Å². The molecule has 33 heavy (non-hydrogen) atoms. The average molecular weight is 464 g/mol. The number of carboxylic acids is 1. The molecular weight excluding hydrogens is 434 g/mol. The van der Waals surface area contributed by atoms with E-state index in [0.29, 0.717) is 10.8 Å². The van der Waals surface area contributed by atoms with Crippen molar-refractivity contribution < 1.29 is 9.90 Å². The Bertz CT molecular complexity index is 1170. The quantitative estimate of drug-likeness (QED) is 0.517. The number of likely N-dealkylation sites (N-methyl/N-ethyl adjacent to an activating group) is 1. The summed E-state index contributed by atoms with van der Waals surface area (Å²) < 4.78 is 2.03. The standard InChI is InChI=1S/C25H29N5O2S/c1-16-15-19(17(2)30(16)21-11-6-5-9-18(21)24(31)32)23-22(20-10-7-8-12-26-20)27-25(33)29(23)14-13-28(3)4/h5-12,15,22-23H,13-14H2,1-4H3,(H,27,33)(H,31,32)/t22-,23-/m0/s1. The molecule has 0 aliphatic carbocycles. The summed E-state index contributed by atoms with van der Waals surface area (Å²) in [4.78, 5) is 20.9. The SMILES string of the molecule is Cc1cc([C@H]2[C@H](c3ccccn3)NC(=S)N2CCN(C)C)c(C)n1-c1ccccc1C(=O)O. The van der Waals surface area contributed by atoms with Crippen LogP contribution in [0, 0.1) is 13.8 Å². The minimum absolute atomic E-state index is 0.0655. The predicted molar refractivity (Wildman–Crippen MR) is 133 cm³/mol. The van der Waals surface area contributed by atoms with Crippen molar-refractivity contribution in [3.63, 3.8) is 0 Å². The minimum atomic E-state index is -0.942. The van der Waals surface area contributed by atoms with Crippen LogP contribution in [0.1, 0.15) is 45.1 Å². The summed E-state index contributed by atoms with van der Waals surface area (Å²) in [6, 6.07) is 15.0. The zero-order valence-electron chi connectivity index (χ0n) is 19.3. The van der Waals surface area contributed by atoms with E-state index in [2.05, 4.69) is 26.2 Å². The van der Waals surface area contributed by atoms with Gasteiger partial charge in [-0.1, -0.05) is 18.2 Å². The molecule has 3 heterocycles. The van der Waals surface area contributed by atoms with E-state index in [1.807, 2.05) is 62.8 Å². The Morgan fingerprint density at radius 3 is 2.58 bits per heavy atom. The van der Waals surface area contributed by atoms with Crippen molar-refractivity contribution in [3.05, 3.63) is 82.9 Å². The maximum absolute atomic E-state index is 11.9. The molecule has 0 saturated carbocycles. The first-order valence-electron chi connectivity index (χ1n) is 10.9. The molecule has 2 N–H and O–H groups in total. The van der Waals surface area contributed by atoms with E-state index in [0.717, 1.165) is 35.7 Å². The Hall–Kier alpha value is -3.23. The third kappa shape index (κ3) is 4.36. The molecule has 2 aromatic heterocycles. The monoisotopic (exact) mass is 463 g/mol. The van der Waals surface area contributed by atoms with Crippen LogP contribution < -0.4 is 5.32 Å². The highest BCUT2D eigenvalue weighted by Crippen LogP contribution is 2.41. The van der Waals surface area contributed by atoms with Gasteiger partial charge in [0.05, 0.1) is 29.0 Å². The third-order valence-electron chi connectivity index (χ3n) is 6.15. The number of nitrogens with one attached hydrogen (secondary N) is 1. The lowest BCUT2D eigenvalue weighted by Gasteiger charge is -2.29. The molecule has 4 rings (SSSR count). The van der Waals surface area contributed by atoms with Gasteiger partial charge in [-0.25, -0.2) is 4.79 Å². The molecule has 2 atom stereocenters. The second-order valence-electron chi connectivity index (χ2n) is 8.61. The lowest BCUT2D eigenvalue weighted by atomic mass is 9.96. The number of carboxylic acid groups (broad SMARTS) is 1. The summed E-state index contributed by atoms with van der Waals surface area (Å²) in [7, 11) is 4.10. The number of carbonyl (C=O) groups is 1. The van der Waals surface area contributed by atoms with Crippen molar-refractivity contribution in [1.82, 2.24) is 24.7 Å². The van der Waals surface area contributed by atoms with Crippen molar-refractivity contribution in [2.24, 2.45) is 0 Å². The molecular formula is C25H29N5O2S. The fourth-order valence-corrected chi connectivity index (χ4v) is 4.93. The number of nitrogens with zero attached hydrogens (tertiary/aromatic N) is 4. The highest BCUT2D eigenvalue weighted by molar-refractivity contribution is 7.80. The molecule has 7 nitrogen and oxygen atoms in total. The predicted octanol–water partition coefficient (Wildman–Crippen LogP) is 3.72. The first kappa shape index (κ1) is 22.9. The van der Waals surface area contributed by atoms with E-state index >= 15 is 0 Å². The number of para-hydroxylation sites is 1. The number of benzene rings is 1. The largest absolute Gasteiger partial charge is 0.478 e. The van der Waals surface area contributed by atoms with E-state index in [4.69, 9.17) is 12.2 Å². The van der Waals surface area contributed by atoms with Gasteiger partial charge in [-0.3, -0.25) is 4.98 Å². The average Bonchev–Trinajstić information content (AvgIpc) is 3.27. The van der Waals surface area contributed by atoms with Gasteiger partial charge in [0.2, 0.25) is 0 Å². The van der Waals surface area contributed by atoms with E-state index in [1.54, 1.807) is 18.3 Å². The third-order valence-corrected chi connectivity index (χ3v) is 6.50. The minimum Gasteiger partial charge on any atom is -0.478 e. The number of rotatable bonds is 7. The van der Waals surface area contributed by atoms with Crippen LogP contribution in [0.2, 0.25) is 0 Å². The topological polar surface area (TPSA) is 73.6 Å². The molecule has 1 aliphatic rings. The molecule has 0 bridgehead atoms. The number of thiocarbonyl (C=S) groups is 1. The fourth-order valence-electron chi connectivity index (χ4n) is 4.60. The van der Waals surface area contributed by atoms with Gasteiger partial charge in [-0.05, 0) is 76.1 Å². The first-order valence-corrected chi connectivity index (χ1v) is 11.3. The summed E-state index contributed by atoms with van der Waals surface area (Å²) >= 11 is 5.76. The van der Waals surface area contributed by atoms with Crippen LogP contribution in [0.15, 0.2) is 54.7 Å². The van der Waals surface area contributed by atoms with Gasteiger partial charge in [0.25, 0.3) is 0 Å². The van der Waals surface area contributed by atoms with Crippen molar-refractivity contribution in [3.8, 4) is 5.69 Å². The van der Waals surface area contributed by atoms with Crippen LogP contribution in [0.3, 0.4) is 0 Å². The highest BCUT2D eigenvalue weighted by atomic mass is 32.1. The van der Waals surface area contributed by atoms with E-state index in [-0.39, 0.29) is 17.6 Å². The summed E-state index contributed by atoms with van der Waals surface area (Å²) in [6.45, 7) is 5.67. The van der Waals surface area contributed by atoms with Gasteiger partial charge in [0.1, 0.15) is 0 Å². The Labute approximate surface area is 199 Å². The maximum Gasteiger partial charge on any atom is 0.337 e. The smallest absolute Gasteiger partial charge is 0.337 e. The van der Waals surface area contributed by atoms with Gasteiger partial charge in [-0.2, -0.15) is 0 Å². The molecule has 0 radical (unpaired) electrons. The van der Waals surface area contributed by atoms with E-state index in [9.17, 15) is 9.90 Å². The number of aromatic carboxylic acids is 1. The Morgan fingerprint density at radius 2 is 1.91 bits per heavy atom. The zero-order valence-corrected chi connectivity index (χ0v) is 20.1.